The van der Waals surface area contributed by atoms with Gasteiger partial charge in [0.05, 0.1) is 0 Å². The van der Waals surface area contributed by atoms with Gasteiger partial charge in [0.2, 0.25) is 0 Å². The highest BCUT2D eigenvalue weighted by molar-refractivity contribution is 5.97. The minimum atomic E-state index is 0.306. The van der Waals surface area contributed by atoms with Crippen LogP contribution in [0.2, 0.25) is 0 Å². The summed E-state index contributed by atoms with van der Waals surface area (Å²) >= 11 is 0. The number of Topliss-reactive ketones (excluding diaryl/α,β-unsaturated/α-hetero) is 1. The predicted molar refractivity (Wildman–Crippen MR) is 78.7 cm³/mol. The maximum Gasteiger partial charge on any atom is 0.159 e. The molecule has 0 aromatic rings. The second kappa shape index (κ2) is 4.07. The molecule has 104 valence electrons. The van der Waals surface area contributed by atoms with Gasteiger partial charge in [-0.2, -0.15) is 0 Å². The summed E-state index contributed by atoms with van der Waals surface area (Å²) in [6.45, 7) is 9.44. The molecule has 0 radical (unpaired) electrons. The van der Waals surface area contributed by atoms with Gasteiger partial charge in [0, 0.05) is 6.42 Å². The number of hydrogen-bond acceptors (Lipinski definition) is 1. The Morgan fingerprint density at radius 2 is 1.95 bits per heavy atom. The van der Waals surface area contributed by atoms with Crippen molar-refractivity contribution in [3.63, 3.8) is 0 Å². The van der Waals surface area contributed by atoms with E-state index in [4.69, 9.17) is 0 Å². The van der Waals surface area contributed by atoms with Crippen LogP contribution in [0.15, 0.2) is 23.8 Å². The Balaban J connectivity index is 2.17. The molecule has 1 heteroatoms. The van der Waals surface area contributed by atoms with Crippen molar-refractivity contribution < 1.29 is 4.79 Å². The Labute approximate surface area is 117 Å². The highest BCUT2D eigenvalue weighted by Crippen LogP contribution is 2.64. The normalized spacial score (nSPS) is 44.3. The number of carbonyl (C=O) groups is 1. The van der Waals surface area contributed by atoms with Gasteiger partial charge in [0.25, 0.3) is 0 Å². The maximum atomic E-state index is 12.5. The monoisotopic (exact) mass is 258 g/mol. The summed E-state index contributed by atoms with van der Waals surface area (Å²) in [5, 5.41) is 0. The van der Waals surface area contributed by atoms with Gasteiger partial charge in [0.15, 0.2) is 5.78 Å². The van der Waals surface area contributed by atoms with E-state index in [0.717, 1.165) is 12.0 Å². The first-order chi connectivity index (χ1) is 8.89. The fourth-order valence-corrected chi connectivity index (χ4v) is 5.43. The van der Waals surface area contributed by atoms with Crippen LogP contribution in [0.1, 0.15) is 53.4 Å². The van der Waals surface area contributed by atoms with Crippen LogP contribution in [0, 0.1) is 28.6 Å². The molecular weight excluding hydrogens is 232 g/mol. The topological polar surface area (TPSA) is 17.1 Å². The first kappa shape index (κ1) is 13.1. The first-order valence-corrected chi connectivity index (χ1v) is 7.81. The van der Waals surface area contributed by atoms with E-state index in [1.54, 1.807) is 0 Å². The van der Waals surface area contributed by atoms with Gasteiger partial charge in [-0.05, 0) is 47.0 Å². The van der Waals surface area contributed by atoms with Crippen LogP contribution in [-0.2, 0) is 4.79 Å². The molecule has 1 spiro atoms. The first-order valence-electron chi connectivity index (χ1n) is 7.81. The molecule has 4 unspecified atom stereocenters. The van der Waals surface area contributed by atoms with Gasteiger partial charge >= 0.3 is 0 Å². The maximum absolute atomic E-state index is 12.5. The average Bonchev–Trinajstić information content (AvgIpc) is 2.41. The van der Waals surface area contributed by atoms with Gasteiger partial charge in [0.1, 0.15) is 0 Å². The third kappa shape index (κ3) is 1.63. The van der Waals surface area contributed by atoms with Crippen molar-refractivity contribution in [2.45, 2.75) is 53.4 Å². The van der Waals surface area contributed by atoms with Crippen LogP contribution in [-0.4, -0.2) is 5.78 Å². The highest BCUT2D eigenvalue weighted by atomic mass is 16.1. The van der Waals surface area contributed by atoms with Crippen LogP contribution >= 0.6 is 0 Å². The summed E-state index contributed by atoms with van der Waals surface area (Å²) in [5.74, 6) is 1.95. The van der Waals surface area contributed by atoms with Gasteiger partial charge in [-0.1, -0.05) is 52.3 Å². The third-order valence-corrected chi connectivity index (χ3v) is 6.53. The Morgan fingerprint density at radius 3 is 2.68 bits per heavy atom. The summed E-state index contributed by atoms with van der Waals surface area (Å²) < 4.78 is 0. The van der Waals surface area contributed by atoms with E-state index < -0.39 is 0 Å². The van der Waals surface area contributed by atoms with Crippen molar-refractivity contribution in [1.29, 1.82) is 0 Å². The molecule has 0 aromatic heterocycles. The molecule has 3 rings (SSSR count). The van der Waals surface area contributed by atoms with Crippen molar-refractivity contribution >= 4 is 5.78 Å². The van der Waals surface area contributed by atoms with E-state index in [1.807, 2.05) is 0 Å². The van der Waals surface area contributed by atoms with Crippen LogP contribution < -0.4 is 0 Å². The standard InChI is InChI=1S/C18H26O/c1-12-7-5-8-14-13(2)18(12)10-6-9-17(3,4)16(18)11-15(14)19/h5,7-8,12-13,16H,6,9-11H2,1-4H3. The molecule has 4 atom stereocenters. The zero-order chi connectivity index (χ0) is 13.8. The van der Waals surface area contributed by atoms with Crippen LogP contribution in [0.3, 0.4) is 0 Å². The number of ketones is 1. The minimum Gasteiger partial charge on any atom is -0.295 e. The number of rotatable bonds is 0. The fraction of sp³-hybridized carbons (Fsp3) is 0.722. The number of fused-ring (bicyclic) bond motifs is 1. The van der Waals surface area contributed by atoms with E-state index in [1.165, 1.54) is 19.3 Å². The lowest BCUT2D eigenvalue weighted by molar-refractivity contribution is -0.134. The van der Waals surface area contributed by atoms with Gasteiger partial charge in [-0.25, -0.2) is 0 Å². The second-order valence-corrected chi connectivity index (χ2v) is 7.65. The van der Waals surface area contributed by atoms with Crippen molar-refractivity contribution in [1.82, 2.24) is 0 Å². The lowest BCUT2D eigenvalue weighted by Gasteiger charge is -2.60. The predicted octanol–water partition coefficient (Wildman–Crippen LogP) is 4.54. The second-order valence-electron chi connectivity index (χ2n) is 7.65. The van der Waals surface area contributed by atoms with Crippen LogP contribution in [0.4, 0.5) is 0 Å². The van der Waals surface area contributed by atoms with Gasteiger partial charge in [-0.15, -0.1) is 0 Å². The molecule has 19 heavy (non-hydrogen) atoms. The zero-order valence-corrected chi connectivity index (χ0v) is 12.7. The third-order valence-electron chi connectivity index (χ3n) is 6.53. The Kier molecular flexibility index (Phi) is 2.82. The lowest BCUT2D eigenvalue weighted by atomic mass is 9.44. The molecular formula is C18H26O. The fourth-order valence-electron chi connectivity index (χ4n) is 5.43. The van der Waals surface area contributed by atoms with E-state index in [2.05, 4.69) is 45.9 Å². The average molecular weight is 258 g/mol. The Hall–Kier alpha value is -0.850. The molecule has 2 fully saturated rings. The molecule has 0 amide bonds. The van der Waals surface area contributed by atoms with E-state index in [-0.39, 0.29) is 0 Å². The molecule has 3 aliphatic carbocycles. The number of carbonyl (C=O) groups excluding carboxylic acids is 1. The van der Waals surface area contributed by atoms with Crippen LogP contribution in [0.5, 0.6) is 0 Å². The molecule has 2 saturated carbocycles. The van der Waals surface area contributed by atoms with E-state index in [0.29, 0.717) is 34.4 Å². The molecule has 1 nitrogen and oxygen atoms in total. The van der Waals surface area contributed by atoms with Crippen LogP contribution in [0.25, 0.3) is 0 Å². The highest BCUT2D eigenvalue weighted by Gasteiger charge is 2.58. The largest absolute Gasteiger partial charge is 0.295 e. The number of allylic oxidation sites excluding steroid dienone is 4. The summed E-state index contributed by atoms with van der Waals surface area (Å²) in [4.78, 5) is 12.5. The van der Waals surface area contributed by atoms with Gasteiger partial charge < -0.3 is 0 Å². The quantitative estimate of drug-likeness (QED) is 0.623. The van der Waals surface area contributed by atoms with Crippen molar-refractivity contribution in [3.8, 4) is 0 Å². The Morgan fingerprint density at radius 1 is 1.21 bits per heavy atom. The van der Waals surface area contributed by atoms with Crippen molar-refractivity contribution in [2.24, 2.45) is 28.6 Å². The molecule has 0 aliphatic heterocycles. The summed E-state index contributed by atoms with van der Waals surface area (Å²) in [6.07, 6.45) is 11.2. The molecule has 0 saturated heterocycles. The van der Waals surface area contributed by atoms with Crippen molar-refractivity contribution in [3.05, 3.63) is 23.8 Å². The summed E-state index contributed by atoms with van der Waals surface area (Å²) in [5.41, 5.74) is 1.71. The molecule has 0 N–H and O–H groups in total. The van der Waals surface area contributed by atoms with E-state index >= 15 is 0 Å². The minimum absolute atomic E-state index is 0.306. The molecule has 2 bridgehead atoms. The SMILES string of the molecule is CC1C=CC=C2C(=O)CC3C(C)(C)CCCC13C2C. The molecule has 0 aromatic carbocycles. The number of hydrogen-bond donors (Lipinski definition) is 0. The lowest BCUT2D eigenvalue weighted by Crippen LogP contribution is -2.55. The summed E-state index contributed by atoms with van der Waals surface area (Å²) in [7, 11) is 0. The Bertz CT molecular complexity index is 468. The zero-order valence-electron chi connectivity index (χ0n) is 12.7. The molecule has 0 heterocycles. The van der Waals surface area contributed by atoms with E-state index in [9.17, 15) is 4.79 Å². The molecule has 3 aliphatic rings. The van der Waals surface area contributed by atoms with Gasteiger partial charge in [-0.3, -0.25) is 4.79 Å². The summed E-state index contributed by atoms with van der Waals surface area (Å²) in [6, 6.07) is 0. The van der Waals surface area contributed by atoms with Crippen molar-refractivity contribution in [2.75, 3.05) is 0 Å². The smallest absolute Gasteiger partial charge is 0.159 e.